The van der Waals surface area contributed by atoms with E-state index in [9.17, 15) is 13.2 Å². The Kier molecular flexibility index (Phi) is 6.00. The minimum Gasteiger partial charge on any atom is -0.497 e. The number of sulfonamides is 1. The van der Waals surface area contributed by atoms with Gasteiger partial charge >= 0.3 is 0 Å². The summed E-state index contributed by atoms with van der Waals surface area (Å²) in [5.74, 6) is 0.159. The first kappa shape index (κ1) is 21.7. The number of thiazole rings is 1. The summed E-state index contributed by atoms with van der Waals surface area (Å²) in [5, 5.41) is 0. The third-order valence-corrected chi connectivity index (χ3v) is 8.48. The van der Waals surface area contributed by atoms with E-state index in [0.29, 0.717) is 36.5 Å². The van der Waals surface area contributed by atoms with Crippen molar-refractivity contribution in [2.75, 3.05) is 13.7 Å². The lowest BCUT2D eigenvalue weighted by atomic mass is 10.2. The average Bonchev–Trinajstić information content (AvgIpc) is 3.38. The summed E-state index contributed by atoms with van der Waals surface area (Å²) in [6.07, 6.45) is 1.09. The third kappa shape index (κ3) is 4.05. The number of hydrogen-bond acceptors (Lipinski definition) is 5. The van der Waals surface area contributed by atoms with E-state index >= 15 is 0 Å². The number of carbonyl (C=O) groups excluding carboxylic acids is 1. The van der Waals surface area contributed by atoms with Crippen LogP contribution in [-0.2, 0) is 21.4 Å². The molecule has 4 rings (SSSR count). The van der Waals surface area contributed by atoms with Crippen molar-refractivity contribution < 1.29 is 17.9 Å². The maximum atomic E-state index is 13.2. The predicted molar refractivity (Wildman–Crippen MR) is 121 cm³/mol. The Morgan fingerprint density at radius 3 is 2.65 bits per heavy atom. The van der Waals surface area contributed by atoms with Crippen LogP contribution in [0.15, 0.2) is 52.4 Å². The monoisotopic (exact) mass is 459 g/mol. The number of aryl methyl sites for hydroxylation is 2. The number of ether oxygens (including phenoxy) is 1. The highest BCUT2D eigenvalue weighted by molar-refractivity contribution is 7.89. The summed E-state index contributed by atoms with van der Waals surface area (Å²) >= 11 is 1.45. The summed E-state index contributed by atoms with van der Waals surface area (Å²) in [7, 11) is -2.28. The molecule has 2 heterocycles. The number of methoxy groups -OCH3 is 1. The van der Waals surface area contributed by atoms with Crippen molar-refractivity contribution in [3.63, 3.8) is 0 Å². The van der Waals surface area contributed by atoms with E-state index in [-0.39, 0.29) is 4.90 Å². The highest BCUT2D eigenvalue weighted by Crippen LogP contribution is 2.28. The van der Waals surface area contributed by atoms with Crippen LogP contribution < -0.4 is 9.54 Å². The number of amides is 1. The molecule has 1 atom stereocenters. The molecule has 0 bridgehead atoms. The van der Waals surface area contributed by atoms with Gasteiger partial charge < -0.3 is 9.30 Å². The first-order valence-electron chi connectivity index (χ1n) is 10.2. The summed E-state index contributed by atoms with van der Waals surface area (Å²) in [6.45, 7) is 5.01. The molecule has 0 saturated carbocycles. The fourth-order valence-corrected chi connectivity index (χ4v) is 6.75. The predicted octanol–water partition coefficient (Wildman–Crippen LogP) is 3.32. The van der Waals surface area contributed by atoms with Gasteiger partial charge in [0.25, 0.3) is 5.91 Å². The van der Waals surface area contributed by atoms with Crippen LogP contribution in [0.2, 0.25) is 0 Å². The maximum Gasteiger partial charge on any atom is 0.266 e. The van der Waals surface area contributed by atoms with Crippen molar-refractivity contribution in [2.24, 2.45) is 4.99 Å². The maximum absolute atomic E-state index is 13.2. The molecule has 164 valence electrons. The Labute approximate surface area is 185 Å². The first-order valence-corrected chi connectivity index (χ1v) is 12.4. The lowest BCUT2D eigenvalue weighted by Gasteiger charge is -2.21. The van der Waals surface area contributed by atoms with Crippen molar-refractivity contribution in [2.45, 2.75) is 44.2 Å². The fourth-order valence-electron chi connectivity index (χ4n) is 3.90. The van der Waals surface area contributed by atoms with E-state index in [2.05, 4.69) is 11.1 Å². The van der Waals surface area contributed by atoms with Crippen LogP contribution in [0.25, 0.3) is 10.2 Å². The van der Waals surface area contributed by atoms with Crippen molar-refractivity contribution in [1.82, 2.24) is 8.87 Å². The zero-order valence-electron chi connectivity index (χ0n) is 17.7. The fraction of sp³-hybridized carbons (Fsp3) is 0.364. The van der Waals surface area contributed by atoms with Gasteiger partial charge in [-0.2, -0.15) is 9.30 Å². The van der Waals surface area contributed by atoms with E-state index < -0.39 is 22.0 Å². The normalized spacial score (nSPS) is 18.0. The van der Waals surface area contributed by atoms with E-state index in [4.69, 9.17) is 4.74 Å². The summed E-state index contributed by atoms with van der Waals surface area (Å²) in [4.78, 5) is 18.2. The molecule has 1 fully saturated rings. The zero-order chi connectivity index (χ0) is 22.2. The van der Waals surface area contributed by atoms with Crippen molar-refractivity contribution >= 4 is 37.5 Å². The molecular weight excluding hydrogens is 434 g/mol. The second-order valence-corrected chi connectivity index (χ2v) is 10.4. The van der Waals surface area contributed by atoms with Gasteiger partial charge in [-0.25, -0.2) is 8.42 Å². The van der Waals surface area contributed by atoms with Gasteiger partial charge in [0, 0.05) is 13.1 Å². The Morgan fingerprint density at radius 2 is 1.97 bits per heavy atom. The van der Waals surface area contributed by atoms with Crippen LogP contribution in [0.5, 0.6) is 5.75 Å². The number of fused-ring (bicyclic) bond motifs is 1. The Morgan fingerprint density at radius 1 is 1.23 bits per heavy atom. The molecule has 2 aromatic carbocycles. The molecule has 1 amide bonds. The highest BCUT2D eigenvalue weighted by Gasteiger charge is 2.39. The topological polar surface area (TPSA) is 81.0 Å². The van der Waals surface area contributed by atoms with Crippen LogP contribution in [0, 0.1) is 6.92 Å². The number of rotatable bonds is 5. The molecule has 3 aromatic rings. The molecule has 0 unspecified atom stereocenters. The zero-order valence-corrected chi connectivity index (χ0v) is 19.4. The van der Waals surface area contributed by atoms with Gasteiger partial charge in [-0.3, -0.25) is 4.79 Å². The van der Waals surface area contributed by atoms with Gasteiger partial charge in [-0.05, 0) is 68.7 Å². The largest absolute Gasteiger partial charge is 0.497 e. The van der Waals surface area contributed by atoms with Crippen LogP contribution in [0.3, 0.4) is 0 Å². The molecule has 0 spiro atoms. The average molecular weight is 460 g/mol. The number of hydrogen-bond donors (Lipinski definition) is 0. The summed E-state index contributed by atoms with van der Waals surface area (Å²) < 4.78 is 35.8. The smallest absolute Gasteiger partial charge is 0.266 e. The Balaban J connectivity index is 1.69. The van der Waals surface area contributed by atoms with Gasteiger partial charge in [0.15, 0.2) is 4.80 Å². The second kappa shape index (κ2) is 8.57. The van der Waals surface area contributed by atoms with Crippen molar-refractivity contribution in [3.8, 4) is 5.75 Å². The number of carbonyl (C=O) groups is 1. The first-order chi connectivity index (χ1) is 14.8. The molecule has 0 aliphatic carbocycles. The molecule has 1 aliphatic rings. The summed E-state index contributed by atoms with van der Waals surface area (Å²) in [5.41, 5.74) is 2.17. The van der Waals surface area contributed by atoms with Gasteiger partial charge in [-0.1, -0.05) is 17.4 Å². The van der Waals surface area contributed by atoms with Crippen LogP contribution in [-0.4, -0.2) is 42.9 Å². The minimum atomic E-state index is -3.80. The second-order valence-electron chi connectivity index (χ2n) is 7.50. The summed E-state index contributed by atoms with van der Waals surface area (Å²) in [6, 6.07) is 11.6. The van der Waals surface area contributed by atoms with E-state index in [1.54, 1.807) is 12.1 Å². The standard InChI is InChI=1S/C22H25N3O4S2/c1-4-24-18-12-7-15(2)14-20(18)30-22(24)23-21(26)19-6-5-13-25(19)31(27,28)17-10-8-16(29-3)9-11-17/h7-12,14,19H,4-6,13H2,1-3H3/t19-/m1/s1. The van der Waals surface area contributed by atoms with E-state index in [0.717, 1.165) is 15.8 Å². The molecule has 9 heteroatoms. The van der Waals surface area contributed by atoms with E-state index in [1.165, 1.54) is 34.9 Å². The molecule has 0 N–H and O–H groups in total. The number of benzene rings is 2. The van der Waals surface area contributed by atoms with Crippen LogP contribution in [0.4, 0.5) is 0 Å². The number of aromatic nitrogens is 1. The molecule has 1 saturated heterocycles. The van der Waals surface area contributed by atoms with Crippen LogP contribution >= 0.6 is 11.3 Å². The van der Waals surface area contributed by atoms with Gasteiger partial charge in [0.05, 0.1) is 22.2 Å². The Bertz CT molecular complexity index is 1290. The Hall–Kier alpha value is -2.49. The molecule has 0 radical (unpaired) electrons. The molecule has 31 heavy (non-hydrogen) atoms. The van der Waals surface area contributed by atoms with Crippen molar-refractivity contribution in [1.29, 1.82) is 0 Å². The molecule has 1 aromatic heterocycles. The lowest BCUT2D eigenvalue weighted by Crippen LogP contribution is -2.40. The SMILES string of the molecule is CCn1c(=NC(=O)[C@H]2CCCN2S(=O)(=O)c2ccc(OC)cc2)sc2cc(C)ccc21. The van der Waals surface area contributed by atoms with Gasteiger partial charge in [0.2, 0.25) is 10.0 Å². The third-order valence-electron chi connectivity index (χ3n) is 5.52. The number of nitrogens with zero attached hydrogens (tertiary/aromatic N) is 3. The van der Waals surface area contributed by atoms with Gasteiger partial charge in [-0.15, -0.1) is 0 Å². The quantitative estimate of drug-likeness (QED) is 0.586. The lowest BCUT2D eigenvalue weighted by molar-refractivity contribution is -0.121. The molecular formula is C22H25N3O4S2. The van der Waals surface area contributed by atoms with Crippen molar-refractivity contribution in [3.05, 3.63) is 52.8 Å². The molecule has 7 nitrogen and oxygen atoms in total. The minimum absolute atomic E-state index is 0.147. The highest BCUT2D eigenvalue weighted by atomic mass is 32.2. The van der Waals surface area contributed by atoms with Gasteiger partial charge in [0.1, 0.15) is 11.8 Å². The van der Waals surface area contributed by atoms with Crippen LogP contribution in [0.1, 0.15) is 25.3 Å². The molecule has 1 aliphatic heterocycles. The van der Waals surface area contributed by atoms with E-state index in [1.807, 2.05) is 30.5 Å².